The lowest BCUT2D eigenvalue weighted by Crippen LogP contribution is -2.25. The number of nitrogens with two attached hydrogens (primary N) is 1. The maximum absolute atomic E-state index is 10.9. The van der Waals surface area contributed by atoms with Gasteiger partial charge in [-0.15, -0.1) is 0 Å². The van der Waals surface area contributed by atoms with Crippen LogP contribution < -0.4 is 11.5 Å². The first-order chi connectivity index (χ1) is 5.66. The summed E-state index contributed by atoms with van der Waals surface area (Å²) in [6.45, 7) is 5.40. The number of aromatic nitrogens is 2. The number of H-pyrrole nitrogens is 1. The number of imidazole rings is 1. The SMILES string of the molecule is C=C/C=C(/C)c1c[nH]c(=O)n1N. The van der Waals surface area contributed by atoms with Crippen LogP contribution in [-0.4, -0.2) is 9.66 Å². The number of hydrogen-bond acceptors (Lipinski definition) is 2. The van der Waals surface area contributed by atoms with Crippen LogP contribution in [0, 0.1) is 0 Å². The van der Waals surface area contributed by atoms with Gasteiger partial charge in [0.05, 0.1) is 5.69 Å². The second-order valence-electron chi connectivity index (χ2n) is 2.43. The van der Waals surface area contributed by atoms with E-state index in [0.29, 0.717) is 5.69 Å². The standard InChI is InChI=1S/C8H11N3O/c1-3-4-6(2)7-5-10-8(12)11(7)9/h3-5H,1,9H2,2H3,(H,10,12)/b6-4-. The van der Waals surface area contributed by atoms with E-state index < -0.39 is 0 Å². The third-order valence-corrected chi connectivity index (χ3v) is 1.58. The Hall–Kier alpha value is -1.71. The highest BCUT2D eigenvalue weighted by molar-refractivity contribution is 5.61. The summed E-state index contributed by atoms with van der Waals surface area (Å²) in [6.07, 6.45) is 5.00. The van der Waals surface area contributed by atoms with Crippen molar-refractivity contribution in [1.82, 2.24) is 9.66 Å². The summed E-state index contributed by atoms with van der Waals surface area (Å²) >= 11 is 0. The summed E-state index contributed by atoms with van der Waals surface area (Å²) in [6, 6.07) is 0. The van der Waals surface area contributed by atoms with Gasteiger partial charge >= 0.3 is 5.69 Å². The van der Waals surface area contributed by atoms with Crippen LogP contribution in [0.3, 0.4) is 0 Å². The average molecular weight is 165 g/mol. The molecule has 0 spiro atoms. The predicted molar refractivity (Wildman–Crippen MR) is 49.1 cm³/mol. The topological polar surface area (TPSA) is 63.8 Å². The first-order valence-corrected chi connectivity index (χ1v) is 3.52. The first kappa shape index (κ1) is 8.39. The highest BCUT2D eigenvalue weighted by Crippen LogP contribution is 2.08. The average Bonchev–Trinajstić information content (AvgIpc) is 2.34. The van der Waals surface area contributed by atoms with Crippen molar-refractivity contribution in [2.45, 2.75) is 6.92 Å². The highest BCUT2D eigenvalue weighted by Gasteiger charge is 2.02. The molecule has 64 valence electrons. The van der Waals surface area contributed by atoms with Gasteiger partial charge in [-0.3, -0.25) is 0 Å². The Balaban J connectivity index is 3.20. The fraction of sp³-hybridized carbons (Fsp3) is 0.125. The summed E-state index contributed by atoms with van der Waals surface area (Å²) in [5.41, 5.74) is 1.24. The molecule has 0 fully saturated rings. The lowest BCUT2D eigenvalue weighted by Gasteiger charge is -1.98. The molecule has 0 aromatic carbocycles. The van der Waals surface area contributed by atoms with Crippen molar-refractivity contribution in [3.8, 4) is 0 Å². The van der Waals surface area contributed by atoms with E-state index in [1.54, 1.807) is 18.3 Å². The summed E-state index contributed by atoms with van der Waals surface area (Å²) in [7, 11) is 0. The number of nitrogens with one attached hydrogen (secondary N) is 1. The van der Waals surface area contributed by atoms with E-state index in [0.717, 1.165) is 10.2 Å². The fourth-order valence-electron chi connectivity index (χ4n) is 0.945. The van der Waals surface area contributed by atoms with Crippen LogP contribution >= 0.6 is 0 Å². The monoisotopic (exact) mass is 165 g/mol. The molecule has 0 aliphatic carbocycles. The van der Waals surface area contributed by atoms with E-state index in [9.17, 15) is 4.79 Å². The molecule has 0 amide bonds. The Morgan fingerprint density at radius 2 is 2.50 bits per heavy atom. The van der Waals surface area contributed by atoms with Crippen molar-refractivity contribution in [2.24, 2.45) is 0 Å². The molecular formula is C8H11N3O. The fourth-order valence-corrected chi connectivity index (χ4v) is 0.945. The number of rotatable bonds is 2. The molecule has 0 saturated heterocycles. The van der Waals surface area contributed by atoms with Crippen molar-refractivity contribution in [3.05, 3.63) is 41.1 Å². The molecule has 0 radical (unpaired) electrons. The van der Waals surface area contributed by atoms with Gasteiger partial charge < -0.3 is 10.8 Å². The van der Waals surface area contributed by atoms with Crippen molar-refractivity contribution >= 4 is 5.57 Å². The van der Waals surface area contributed by atoms with Crippen LogP contribution in [0.4, 0.5) is 0 Å². The van der Waals surface area contributed by atoms with Gasteiger partial charge in [0, 0.05) is 6.20 Å². The van der Waals surface area contributed by atoms with Crippen molar-refractivity contribution in [3.63, 3.8) is 0 Å². The molecule has 4 heteroatoms. The quantitative estimate of drug-likeness (QED) is 0.494. The molecule has 1 aromatic rings. The Morgan fingerprint density at radius 1 is 1.83 bits per heavy atom. The van der Waals surface area contributed by atoms with Crippen LogP contribution in [0.5, 0.6) is 0 Å². The van der Waals surface area contributed by atoms with E-state index in [1.807, 2.05) is 6.92 Å². The zero-order valence-corrected chi connectivity index (χ0v) is 6.87. The number of nitrogens with zero attached hydrogens (tertiary/aromatic N) is 1. The van der Waals surface area contributed by atoms with Crippen molar-refractivity contribution in [2.75, 3.05) is 5.84 Å². The smallest absolute Gasteiger partial charge is 0.335 e. The Morgan fingerprint density at radius 3 is 2.92 bits per heavy atom. The molecule has 1 heterocycles. The van der Waals surface area contributed by atoms with E-state index in [-0.39, 0.29) is 5.69 Å². The summed E-state index contributed by atoms with van der Waals surface area (Å²) < 4.78 is 1.06. The Kier molecular flexibility index (Phi) is 2.19. The van der Waals surface area contributed by atoms with Gasteiger partial charge in [-0.25, -0.2) is 9.47 Å². The summed E-state index contributed by atoms with van der Waals surface area (Å²) in [5.74, 6) is 5.43. The molecule has 0 bridgehead atoms. The number of allylic oxidation sites excluding steroid dienone is 3. The van der Waals surface area contributed by atoms with Crippen LogP contribution in [0.15, 0.2) is 29.7 Å². The molecular weight excluding hydrogens is 154 g/mol. The lowest BCUT2D eigenvalue weighted by atomic mass is 10.2. The molecule has 4 nitrogen and oxygen atoms in total. The van der Waals surface area contributed by atoms with Crippen molar-refractivity contribution in [1.29, 1.82) is 0 Å². The molecule has 0 aliphatic rings. The maximum Gasteiger partial charge on any atom is 0.344 e. The minimum absolute atomic E-state index is 0.318. The van der Waals surface area contributed by atoms with Crippen LogP contribution in [0.1, 0.15) is 12.6 Å². The van der Waals surface area contributed by atoms with E-state index in [4.69, 9.17) is 5.84 Å². The van der Waals surface area contributed by atoms with E-state index in [2.05, 4.69) is 11.6 Å². The van der Waals surface area contributed by atoms with E-state index >= 15 is 0 Å². The molecule has 0 aliphatic heterocycles. The zero-order valence-electron chi connectivity index (χ0n) is 6.87. The number of nitrogen functional groups attached to an aromatic ring is 1. The molecule has 1 rings (SSSR count). The number of aromatic amines is 1. The van der Waals surface area contributed by atoms with Crippen molar-refractivity contribution < 1.29 is 0 Å². The molecule has 0 unspecified atom stereocenters. The molecule has 0 saturated carbocycles. The lowest BCUT2D eigenvalue weighted by molar-refractivity contribution is 0.921. The first-order valence-electron chi connectivity index (χ1n) is 3.52. The van der Waals surface area contributed by atoms with Gasteiger partial charge in [0.25, 0.3) is 0 Å². The molecule has 3 N–H and O–H groups in total. The second-order valence-corrected chi connectivity index (χ2v) is 2.43. The second kappa shape index (κ2) is 3.13. The largest absolute Gasteiger partial charge is 0.344 e. The maximum atomic E-state index is 10.9. The van der Waals surface area contributed by atoms with Gasteiger partial charge in [-0.05, 0) is 12.5 Å². The molecule has 1 aromatic heterocycles. The van der Waals surface area contributed by atoms with Gasteiger partial charge in [-0.1, -0.05) is 18.7 Å². The number of hydrogen-bond donors (Lipinski definition) is 2. The van der Waals surface area contributed by atoms with Crippen LogP contribution in [0.25, 0.3) is 5.57 Å². The third kappa shape index (κ3) is 1.32. The zero-order chi connectivity index (χ0) is 9.14. The Bertz CT molecular complexity index is 370. The highest BCUT2D eigenvalue weighted by atomic mass is 16.1. The van der Waals surface area contributed by atoms with Gasteiger partial charge in [0.2, 0.25) is 0 Å². The normalized spacial score (nSPS) is 11.6. The molecule has 0 atom stereocenters. The van der Waals surface area contributed by atoms with Gasteiger partial charge in [0.1, 0.15) is 0 Å². The van der Waals surface area contributed by atoms with Gasteiger partial charge in [0.15, 0.2) is 0 Å². The van der Waals surface area contributed by atoms with Gasteiger partial charge in [-0.2, -0.15) is 0 Å². The minimum Gasteiger partial charge on any atom is -0.335 e. The van der Waals surface area contributed by atoms with Crippen LogP contribution in [0.2, 0.25) is 0 Å². The third-order valence-electron chi connectivity index (χ3n) is 1.58. The summed E-state index contributed by atoms with van der Waals surface area (Å²) in [4.78, 5) is 13.4. The minimum atomic E-state index is -0.318. The van der Waals surface area contributed by atoms with Crippen LogP contribution in [-0.2, 0) is 0 Å². The molecule has 12 heavy (non-hydrogen) atoms. The Labute approximate surface area is 70.0 Å². The predicted octanol–water partition coefficient (Wildman–Crippen LogP) is 0.479. The van der Waals surface area contributed by atoms with E-state index in [1.165, 1.54) is 0 Å². The summed E-state index contributed by atoms with van der Waals surface area (Å²) in [5, 5.41) is 0.